The second kappa shape index (κ2) is 21.8. The average Bonchev–Trinajstić information content (AvgIpc) is 3.53. The fourth-order valence-corrected chi connectivity index (χ4v) is 10.2. The van der Waals surface area contributed by atoms with Crippen LogP contribution in [0, 0.1) is 23.7 Å². The highest BCUT2D eigenvalue weighted by Crippen LogP contribution is 2.44. The first kappa shape index (κ1) is 50.0. The number of Topliss-reactive ketones (excluding diaryl/α,β-unsaturated/α-hetero) is 1. The number of esters is 2. The molecule has 3 aliphatic heterocycles. The van der Waals surface area contributed by atoms with Gasteiger partial charge in [-0.25, -0.2) is 4.79 Å². The summed E-state index contributed by atoms with van der Waals surface area (Å²) < 4.78 is 38.6. The molecule has 2 aromatic rings. The zero-order valence-electron chi connectivity index (χ0n) is 39.2. The van der Waals surface area contributed by atoms with E-state index in [2.05, 4.69) is 14.9 Å². The quantitative estimate of drug-likeness (QED) is 0.133. The molecule has 15 nitrogen and oxygen atoms in total. The zero-order valence-corrected chi connectivity index (χ0v) is 39.2. The highest BCUT2D eigenvalue weighted by molar-refractivity contribution is 5.85. The predicted molar refractivity (Wildman–Crippen MR) is 234 cm³/mol. The number of rotatable bonds is 14. The number of likely N-dealkylation sites (N-methyl/N-ethyl adjacent to an activating group) is 1. The standard InChI is InChI=1S/C48H72N4O11/c1-12-37-48(9)42(52(46(57)63-48)24-15-14-17-34-19-22-49-23-20-34)31(5)39(54)29(3)27-47(8,58-11)43(62-45-40(55)36(51(10)13-2)25-30(4)59-45)32(6)41(33(7)44(56)60-37)61-38(53)26-35-18-16-21-50-28-35/h16,18-23,28-33,36-37,40-43,45,55H,12-15,17,24-27H2,1-11H3/t29-,30+,31+,32+,33-,36-,37-,40+,41+,42-,43-,45-,47-,48-/m1/s1. The number of ether oxygens (including phenoxy) is 6. The lowest BCUT2D eigenvalue weighted by molar-refractivity contribution is -0.302. The van der Waals surface area contributed by atoms with Crippen LogP contribution in [-0.2, 0) is 55.6 Å². The van der Waals surface area contributed by atoms with Crippen molar-refractivity contribution in [2.75, 3.05) is 27.2 Å². The van der Waals surface area contributed by atoms with E-state index >= 15 is 0 Å². The number of aliphatic hydroxyl groups is 1. The van der Waals surface area contributed by atoms with Crippen LogP contribution in [0.2, 0.25) is 0 Å². The Balaban J connectivity index is 1.57. The number of aromatic nitrogens is 2. The maximum Gasteiger partial charge on any atom is 0.410 e. The predicted octanol–water partition coefficient (Wildman–Crippen LogP) is 5.98. The summed E-state index contributed by atoms with van der Waals surface area (Å²) >= 11 is 0. The molecule has 1 N–H and O–H groups in total. The number of fused-ring (bicyclic) bond motifs is 1. The number of hydrogen-bond donors (Lipinski definition) is 1. The summed E-state index contributed by atoms with van der Waals surface area (Å²) in [5.41, 5.74) is -0.939. The zero-order chi connectivity index (χ0) is 46.2. The molecule has 2 aromatic heterocycles. The molecule has 0 radical (unpaired) electrons. The number of carbonyl (C=O) groups is 4. The number of aryl methyl sites for hydroxylation is 1. The van der Waals surface area contributed by atoms with E-state index in [1.807, 2.05) is 67.6 Å². The second-order valence-corrected chi connectivity index (χ2v) is 18.5. The van der Waals surface area contributed by atoms with Gasteiger partial charge >= 0.3 is 18.0 Å². The SMILES string of the molecule is CC[C@H]1OC(=O)[C@H](C)[C@@H](OC(=O)Cc2cccnc2)[C@H](C)[C@@H](O[C@H]2O[C@@H](C)C[C@@H](N(C)CC)[C@@H]2O)[C@](C)(OC)C[C@@H](C)C(=O)[C@H](C)[C@H]2N(CCCCc3ccncc3)C(=O)O[C@]12C. The van der Waals surface area contributed by atoms with Gasteiger partial charge in [-0.2, -0.15) is 0 Å². The maximum absolute atomic E-state index is 14.9. The molecule has 5 rings (SSSR count). The number of methoxy groups -OCH3 is 1. The van der Waals surface area contributed by atoms with Gasteiger partial charge in [-0.05, 0) is 109 Å². The number of unbranched alkanes of at least 4 members (excludes halogenated alkanes) is 1. The minimum atomic E-state index is -1.41. The van der Waals surface area contributed by atoms with Crippen molar-refractivity contribution in [1.29, 1.82) is 0 Å². The first-order chi connectivity index (χ1) is 29.9. The lowest BCUT2D eigenvalue weighted by atomic mass is 9.73. The molecule has 63 heavy (non-hydrogen) atoms. The highest BCUT2D eigenvalue weighted by Gasteiger charge is 2.60. The molecule has 0 aliphatic carbocycles. The third kappa shape index (κ3) is 11.4. The molecular weight excluding hydrogens is 809 g/mol. The van der Waals surface area contributed by atoms with Crippen LogP contribution in [0.5, 0.6) is 0 Å². The lowest BCUT2D eigenvalue weighted by Gasteiger charge is -2.48. The van der Waals surface area contributed by atoms with Gasteiger partial charge in [0, 0.05) is 62.2 Å². The number of nitrogens with zero attached hydrogens (tertiary/aromatic N) is 4. The smallest absolute Gasteiger partial charge is 0.410 e. The van der Waals surface area contributed by atoms with Crippen molar-refractivity contribution < 1.29 is 52.7 Å². The Morgan fingerprint density at radius 1 is 0.984 bits per heavy atom. The van der Waals surface area contributed by atoms with E-state index in [-0.39, 0.29) is 37.2 Å². The molecule has 0 spiro atoms. The highest BCUT2D eigenvalue weighted by atomic mass is 16.7. The van der Waals surface area contributed by atoms with E-state index < -0.39 is 89.7 Å². The number of aliphatic hydroxyl groups excluding tert-OH is 1. The van der Waals surface area contributed by atoms with Crippen molar-refractivity contribution in [3.8, 4) is 0 Å². The molecule has 0 saturated carbocycles. The molecule has 5 heterocycles. The average molecular weight is 881 g/mol. The number of pyridine rings is 2. The normalized spacial score (nSPS) is 35.7. The third-order valence-corrected chi connectivity index (χ3v) is 13.9. The number of carbonyl (C=O) groups excluding carboxylic acids is 4. The van der Waals surface area contributed by atoms with E-state index in [9.17, 15) is 24.3 Å². The molecule has 1 amide bonds. The van der Waals surface area contributed by atoms with Crippen LogP contribution >= 0.6 is 0 Å². The first-order valence-corrected chi connectivity index (χ1v) is 22.8. The van der Waals surface area contributed by atoms with E-state index in [4.69, 9.17) is 28.4 Å². The van der Waals surface area contributed by atoms with Gasteiger partial charge in [0.2, 0.25) is 0 Å². The Kier molecular flexibility index (Phi) is 17.3. The van der Waals surface area contributed by atoms with Gasteiger partial charge < -0.3 is 43.3 Å². The fourth-order valence-electron chi connectivity index (χ4n) is 10.2. The van der Waals surface area contributed by atoms with Gasteiger partial charge in [-0.3, -0.25) is 24.4 Å². The van der Waals surface area contributed by atoms with Crippen LogP contribution in [0.3, 0.4) is 0 Å². The minimum absolute atomic E-state index is 0.117. The third-order valence-electron chi connectivity index (χ3n) is 13.9. The van der Waals surface area contributed by atoms with Crippen LogP contribution < -0.4 is 0 Å². The molecule has 350 valence electrons. The Morgan fingerprint density at radius 3 is 2.33 bits per heavy atom. The summed E-state index contributed by atoms with van der Waals surface area (Å²) in [5.74, 6) is -4.71. The Labute approximate surface area is 373 Å². The summed E-state index contributed by atoms with van der Waals surface area (Å²) in [5, 5.41) is 11.8. The lowest BCUT2D eigenvalue weighted by Crippen LogP contribution is -2.61. The van der Waals surface area contributed by atoms with E-state index in [1.54, 1.807) is 55.7 Å². The van der Waals surface area contributed by atoms with Gasteiger partial charge in [-0.1, -0.05) is 40.7 Å². The van der Waals surface area contributed by atoms with Gasteiger partial charge in [0.1, 0.15) is 24.1 Å². The molecule has 3 aliphatic rings. The monoisotopic (exact) mass is 881 g/mol. The second-order valence-electron chi connectivity index (χ2n) is 18.5. The number of cyclic esters (lactones) is 1. The van der Waals surface area contributed by atoms with Crippen molar-refractivity contribution in [1.82, 2.24) is 19.8 Å². The fraction of sp³-hybridized carbons (Fsp3) is 0.708. The molecule has 3 saturated heterocycles. The van der Waals surface area contributed by atoms with Gasteiger partial charge in [0.05, 0.1) is 36.2 Å². The van der Waals surface area contributed by atoms with Crippen molar-refractivity contribution in [3.63, 3.8) is 0 Å². The number of amides is 1. The summed E-state index contributed by atoms with van der Waals surface area (Å²) in [6.07, 6.45) is 3.55. The molecule has 15 heteroatoms. The van der Waals surface area contributed by atoms with E-state index in [0.717, 1.165) is 18.4 Å². The molecule has 14 atom stereocenters. The van der Waals surface area contributed by atoms with Crippen LogP contribution in [0.25, 0.3) is 0 Å². The number of ketones is 1. The van der Waals surface area contributed by atoms with Gasteiger partial charge in [-0.15, -0.1) is 0 Å². The summed E-state index contributed by atoms with van der Waals surface area (Å²) in [7, 11) is 3.47. The van der Waals surface area contributed by atoms with Crippen molar-refractivity contribution >= 4 is 23.8 Å². The van der Waals surface area contributed by atoms with E-state index in [1.165, 1.54) is 7.11 Å². The summed E-state index contributed by atoms with van der Waals surface area (Å²) in [6, 6.07) is 6.34. The molecule has 0 unspecified atom stereocenters. The largest absolute Gasteiger partial charge is 0.461 e. The van der Waals surface area contributed by atoms with Crippen molar-refractivity contribution in [3.05, 3.63) is 60.2 Å². The molecule has 0 bridgehead atoms. The number of hydrogen-bond acceptors (Lipinski definition) is 14. The summed E-state index contributed by atoms with van der Waals surface area (Å²) in [6.45, 7) is 17.5. The molecule has 0 aromatic carbocycles. The maximum atomic E-state index is 14.9. The van der Waals surface area contributed by atoms with Crippen molar-refractivity contribution in [2.24, 2.45) is 23.7 Å². The topological polar surface area (TPSA) is 176 Å². The summed E-state index contributed by atoms with van der Waals surface area (Å²) in [4.78, 5) is 69.4. The Morgan fingerprint density at radius 2 is 1.70 bits per heavy atom. The van der Waals surface area contributed by atoms with Crippen molar-refractivity contribution in [2.45, 2.75) is 167 Å². The van der Waals surface area contributed by atoms with E-state index in [0.29, 0.717) is 31.5 Å². The first-order valence-electron chi connectivity index (χ1n) is 22.8. The van der Waals surface area contributed by atoms with Gasteiger partial charge in [0.15, 0.2) is 11.9 Å². The van der Waals surface area contributed by atoms with Crippen LogP contribution in [0.4, 0.5) is 4.79 Å². The van der Waals surface area contributed by atoms with Crippen LogP contribution in [-0.4, -0.2) is 136 Å². The van der Waals surface area contributed by atoms with Gasteiger partial charge in [0.25, 0.3) is 0 Å². The minimum Gasteiger partial charge on any atom is -0.461 e. The Bertz CT molecular complexity index is 1820. The Hall–Kier alpha value is -4.02. The molecular formula is C48H72N4O11. The molecule has 3 fully saturated rings. The van der Waals surface area contributed by atoms with Crippen LogP contribution in [0.1, 0.15) is 106 Å². The van der Waals surface area contributed by atoms with Crippen LogP contribution in [0.15, 0.2) is 49.1 Å².